The van der Waals surface area contributed by atoms with Crippen LogP contribution >= 0.6 is 0 Å². The minimum Gasteiger partial charge on any atom is -0.388 e. The highest BCUT2D eigenvalue weighted by atomic mass is 19.4. The Kier molecular flexibility index (Phi) is 5.83. The van der Waals surface area contributed by atoms with Crippen LogP contribution < -0.4 is 10.6 Å². The number of rotatable bonds is 7. The number of hydrogen-bond donors (Lipinski definition) is 3. The van der Waals surface area contributed by atoms with Gasteiger partial charge >= 0.3 is 6.18 Å². The fraction of sp³-hybridized carbons (Fsp3) is 0.643. The summed E-state index contributed by atoms with van der Waals surface area (Å²) < 4.78 is 38.6. The zero-order chi connectivity index (χ0) is 16.1. The van der Waals surface area contributed by atoms with Gasteiger partial charge in [0.05, 0.1) is 11.2 Å². The van der Waals surface area contributed by atoms with Crippen molar-refractivity contribution >= 4 is 11.6 Å². The summed E-state index contributed by atoms with van der Waals surface area (Å²) in [6, 6.07) is 1.92. The highest BCUT2D eigenvalue weighted by Gasteiger charge is 2.32. The molecule has 0 radical (unpaired) electrons. The molecule has 1 atom stereocenters. The van der Waals surface area contributed by atoms with E-state index < -0.39 is 17.3 Å². The topological polar surface area (TPSA) is 57.2 Å². The van der Waals surface area contributed by atoms with Crippen molar-refractivity contribution in [3.63, 3.8) is 0 Å². The summed E-state index contributed by atoms with van der Waals surface area (Å²) in [5.74, 6) is 0.252. The molecule has 7 heteroatoms. The first-order chi connectivity index (χ1) is 9.68. The van der Waals surface area contributed by atoms with Crippen molar-refractivity contribution in [3.8, 4) is 0 Å². The van der Waals surface area contributed by atoms with Gasteiger partial charge in [-0.25, -0.2) is 4.98 Å². The van der Waals surface area contributed by atoms with E-state index in [4.69, 9.17) is 0 Å². The molecular weight excluding hydrogens is 283 g/mol. The predicted octanol–water partition coefficient (Wildman–Crippen LogP) is 3.50. The van der Waals surface area contributed by atoms with Crippen LogP contribution in [0.5, 0.6) is 0 Å². The van der Waals surface area contributed by atoms with Crippen molar-refractivity contribution in [1.82, 2.24) is 4.98 Å². The Balaban J connectivity index is 2.93. The molecule has 1 unspecified atom stereocenters. The van der Waals surface area contributed by atoms with Gasteiger partial charge in [-0.05, 0) is 32.4 Å². The molecule has 1 heterocycles. The third-order valence-electron chi connectivity index (χ3n) is 2.95. The molecule has 1 rings (SSSR count). The molecule has 0 fully saturated rings. The van der Waals surface area contributed by atoms with E-state index in [1.807, 2.05) is 6.92 Å². The third kappa shape index (κ3) is 5.79. The fourth-order valence-electron chi connectivity index (χ4n) is 1.96. The molecule has 0 spiro atoms. The summed E-state index contributed by atoms with van der Waals surface area (Å²) in [5.41, 5.74) is -1.76. The molecule has 1 aromatic heterocycles. The highest BCUT2D eigenvalue weighted by Crippen LogP contribution is 2.32. The van der Waals surface area contributed by atoms with Gasteiger partial charge in [-0.2, -0.15) is 13.2 Å². The van der Waals surface area contributed by atoms with Gasteiger partial charge in [0.2, 0.25) is 0 Å². The summed E-state index contributed by atoms with van der Waals surface area (Å²) in [7, 11) is 0. The largest absolute Gasteiger partial charge is 0.416 e. The summed E-state index contributed by atoms with van der Waals surface area (Å²) in [4.78, 5) is 4.07. The maximum absolute atomic E-state index is 12.9. The molecule has 3 N–H and O–H groups in total. The zero-order valence-electron chi connectivity index (χ0n) is 12.5. The van der Waals surface area contributed by atoms with Crippen LogP contribution in [0.4, 0.5) is 24.8 Å². The lowest BCUT2D eigenvalue weighted by atomic mass is 10.0. The zero-order valence-corrected chi connectivity index (χ0v) is 12.5. The van der Waals surface area contributed by atoms with E-state index in [1.54, 1.807) is 13.8 Å². The highest BCUT2D eigenvalue weighted by molar-refractivity contribution is 5.49. The Hall–Kier alpha value is -1.50. The number of halogens is 3. The number of nitrogens with one attached hydrogen (secondary N) is 2. The van der Waals surface area contributed by atoms with Crippen molar-refractivity contribution in [2.45, 2.75) is 45.4 Å². The standard InChI is InChI=1S/C14H22F3N3O/c1-4-6-13(3,21)9-19-12-8-10(14(15,16)17)7-11(20-12)18-5-2/h7-8,21H,4-6,9H2,1-3H3,(H2,18,19,20). The van der Waals surface area contributed by atoms with Crippen molar-refractivity contribution in [2.24, 2.45) is 0 Å². The van der Waals surface area contributed by atoms with Crippen molar-refractivity contribution in [2.75, 3.05) is 23.7 Å². The Bertz CT molecular complexity index is 461. The van der Waals surface area contributed by atoms with E-state index in [0.717, 1.165) is 18.6 Å². The van der Waals surface area contributed by atoms with Gasteiger partial charge in [-0.15, -0.1) is 0 Å². The molecular formula is C14H22F3N3O. The second-order valence-corrected chi connectivity index (χ2v) is 5.25. The average Bonchev–Trinajstić information content (AvgIpc) is 2.36. The van der Waals surface area contributed by atoms with Gasteiger partial charge < -0.3 is 15.7 Å². The minimum absolute atomic E-state index is 0.0946. The van der Waals surface area contributed by atoms with Crippen LogP contribution in [-0.2, 0) is 6.18 Å². The number of hydrogen-bond acceptors (Lipinski definition) is 4. The smallest absolute Gasteiger partial charge is 0.388 e. The quantitative estimate of drug-likeness (QED) is 0.722. The predicted molar refractivity (Wildman–Crippen MR) is 77.4 cm³/mol. The Morgan fingerprint density at radius 1 is 1.14 bits per heavy atom. The molecule has 0 aliphatic carbocycles. The average molecular weight is 305 g/mol. The van der Waals surface area contributed by atoms with Crippen LogP contribution in [-0.4, -0.2) is 28.8 Å². The molecule has 120 valence electrons. The van der Waals surface area contributed by atoms with Gasteiger partial charge in [0, 0.05) is 13.1 Å². The van der Waals surface area contributed by atoms with E-state index in [2.05, 4.69) is 15.6 Å². The maximum atomic E-state index is 12.9. The van der Waals surface area contributed by atoms with Gasteiger partial charge in [0.25, 0.3) is 0 Å². The monoisotopic (exact) mass is 305 g/mol. The van der Waals surface area contributed by atoms with Crippen molar-refractivity contribution < 1.29 is 18.3 Å². The van der Waals surface area contributed by atoms with E-state index >= 15 is 0 Å². The minimum atomic E-state index is -4.44. The second-order valence-electron chi connectivity index (χ2n) is 5.25. The second kappa shape index (κ2) is 6.98. The van der Waals surface area contributed by atoms with Crippen LogP contribution in [0.15, 0.2) is 12.1 Å². The molecule has 0 amide bonds. The SMILES string of the molecule is CCCC(C)(O)CNc1cc(C(F)(F)F)cc(NCC)n1. The number of nitrogens with zero attached hydrogens (tertiary/aromatic N) is 1. The first kappa shape index (κ1) is 17.6. The lowest BCUT2D eigenvalue weighted by Gasteiger charge is -2.23. The lowest BCUT2D eigenvalue weighted by Crippen LogP contribution is -2.33. The Morgan fingerprint density at radius 3 is 2.19 bits per heavy atom. The molecule has 0 bridgehead atoms. The fourth-order valence-corrected chi connectivity index (χ4v) is 1.96. The van der Waals surface area contributed by atoms with Crippen LogP contribution in [0.3, 0.4) is 0 Å². The molecule has 0 aliphatic rings. The Labute approximate surface area is 122 Å². The van der Waals surface area contributed by atoms with E-state index in [9.17, 15) is 18.3 Å². The van der Waals surface area contributed by atoms with Gasteiger partial charge in [-0.1, -0.05) is 13.3 Å². The van der Waals surface area contributed by atoms with Crippen LogP contribution in [0, 0.1) is 0 Å². The lowest BCUT2D eigenvalue weighted by molar-refractivity contribution is -0.137. The number of anilines is 2. The number of aromatic nitrogens is 1. The first-order valence-electron chi connectivity index (χ1n) is 6.97. The Morgan fingerprint density at radius 2 is 1.71 bits per heavy atom. The third-order valence-corrected chi connectivity index (χ3v) is 2.95. The molecule has 4 nitrogen and oxygen atoms in total. The summed E-state index contributed by atoms with van der Waals surface area (Å²) in [5, 5.41) is 15.6. The molecule has 21 heavy (non-hydrogen) atoms. The number of alkyl halides is 3. The van der Waals surface area contributed by atoms with E-state index in [0.29, 0.717) is 13.0 Å². The van der Waals surface area contributed by atoms with Gasteiger partial charge in [-0.3, -0.25) is 0 Å². The van der Waals surface area contributed by atoms with Crippen LogP contribution in [0.2, 0.25) is 0 Å². The van der Waals surface area contributed by atoms with Crippen LogP contribution in [0.25, 0.3) is 0 Å². The van der Waals surface area contributed by atoms with Crippen molar-refractivity contribution in [3.05, 3.63) is 17.7 Å². The first-order valence-corrected chi connectivity index (χ1v) is 6.97. The number of aliphatic hydroxyl groups is 1. The van der Waals surface area contributed by atoms with E-state index in [1.165, 1.54) is 0 Å². The van der Waals surface area contributed by atoms with Gasteiger partial charge in [0.1, 0.15) is 11.6 Å². The van der Waals surface area contributed by atoms with Gasteiger partial charge in [0.15, 0.2) is 0 Å². The van der Waals surface area contributed by atoms with Crippen molar-refractivity contribution in [1.29, 1.82) is 0 Å². The molecule has 0 aliphatic heterocycles. The maximum Gasteiger partial charge on any atom is 0.416 e. The molecule has 1 aromatic rings. The van der Waals surface area contributed by atoms with E-state index in [-0.39, 0.29) is 18.2 Å². The summed E-state index contributed by atoms with van der Waals surface area (Å²) in [6.07, 6.45) is -3.10. The number of pyridine rings is 1. The van der Waals surface area contributed by atoms with Crippen LogP contribution in [0.1, 0.15) is 39.2 Å². The summed E-state index contributed by atoms with van der Waals surface area (Å²) >= 11 is 0. The normalized spacial score (nSPS) is 14.6. The molecule has 0 saturated heterocycles. The summed E-state index contributed by atoms with van der Waals surface area (Å²) in [6.45, 7) is 5.96. The molecule has 0 saturated carbocycles. The molecule has 0 aromatic carbocycles.